The normalized spacial score (nSPS) is 13.7. The van der Waals surface area contributed by atoms with E-state index in [2.05, 4.69) is 10.3 Å². The number of anilines is 2. The van der Waals surface area contributed by atoms with Gasteiger partial charge in [-0.05, 0) is 36.8 Å². The molecule has 0 spiro atoms. The van der Waals surface area contributed by atoms with Crippen molar-refractivity contribution in [2.45, 2.75) is 25.7 Å². The Kier molecular flexibility index (Phi) is 6.37. The fourth-order valence-electron chi connectivity index (χ4n) is 3.10. The van der Waals surface area contributed by atoms with Crippen LogP contribution in [-0.2, 0) is 19.6 Å². The van der Waals surface area contributed by atoms with Crippen LogP contribution in [-0.4, -0.2) is 55.8 Å². The molecule has 0 bridgehead atoms. The Morgan fingerprint density at radius 3 is 2.60 bits per heavy atom. The molecular formula is C20H24N4O5S. The molecule has 160 valence electrons. The number of hydrogen-bond donors (Lipinski definition) is 1. The van der Waals surface area contributed by atoms with Gasteiger partial charge in [-0.3, -0.25) is 14.5 Å². The Bertz CT molecular complexity index is 1050. The van der Waals surface area contributed by atoms with Crippen molar-refractivity contribution in [1.82, 2.24) is 9.29 Å². The first-order valence-corrected chi connectivity index (χ1v) is 11.0. The Labute approximate surface area is 175 Å². The molecule has 1 N–H and O–H groups in total. The number of benzene rings is 1. The SMILES string of the molecule is CCN(CC)S(=O)(=O)c1ccc2c(c1)N(CC(=O)Nc1ccc(C)cn1)C(=O)CO2. The molecule has 0 saturated carbocycles. The highest BCUT2D eigenvalue weighted by Gasteiger charge is 2.30. The molecule has 0 radical (unpaired) electrons. The van der Waals surface area contributed by atoms with E-state index < -0.39 is 21.8 Å². The third-order valence-electron chi connectivity index (χ3n) is 4.70. The lowest BCUT2D eigenvalue weighted by Gasteiger charge is -2.29. The smallest absolute Gasteiger partial charge is 0.265 e. The van der Waals surface area contributed by atoms with Crippen LogP contribution in [0.1, 0.15) is 19.4 Å². The fraction of sp³-hybridized carbons (Fsp3) is 0.350. The Hall–Kier alpha value is -2.98. The number of carbonyl (C=O) groups is 2. The minimum atomic E-state index is -3.73. The van der Waals surface area contributed by atoms with Crippen LogP contribution >= 0.6 is 0 Å². The number of aryl methyl sites for hydroxylation is 1. The molecule has 9 nitrogen and oxygen atoms in total. The molecule has 0 unspecified atom stereocenters. The maximum absolute atomic E-state index is 12.9. The minimum absolute atomic E-state index is 0.0360. The van der Waals surface area contributed by atoms with Gasteiger partial charge in [0.05, 0.1) is 10.6 Å². The topological polar surface area (TPSA) is 109 Å². The number of nitrogens with zero attached hydrogens (tertiary/aromatic N) is 3. The van der Waals surface area contributed by atoms with Gasteiger partial charge < -0.3 is 10.1 Å². The van der Waals surface area contributed by atoms with Crippen molar-refractivity contribution in [3.63, 3.8) is 0 Å². The van der Waals surface area contributed by atoms with E-state index in [9.17, 15) is 18.0 Å². The van der Waals surface area contributed by atoms with Gasteiger partial charge in [-0.2, -0.15) is 4.31 Å². The third-order valence-corrected chi connectivity index (χ3v) is 6.74. The number of aromatic nitrogens is 1. The van der Waals surface area contributed by atoms with Crippen LogP contribution in [0.3, 0.4) is 0 Å². The predicted molar refractivity (Wildman–Crippen MR) is 112 cm³/mol. The summed E-state index contributed by atoms with van der Waals surface area (Å²) < 4.78 is 32.4. The van der Waals surface area contributed by atoms with Gasteiger partial charge in [0.25, 0.3) is 5.91 Å². The summed E-state index contributed by atoms with van der Waals surface area (Å²) in [6.45, 7) is 5.50. The highest BCUT2D eigenvalue weighted by Crippen LogP contribution is 2.35. The summed E-state index contributed by atoms with van der Waals surface area (Å²) in [4.78, 5) is 30.3. The molecule has 0 saturated heterocycles. The van der Waals surface area contributed by atoms with Gasteiger partial charge in [-0.25, -0.2) is 13.4 Å². The first-order chi connectivity index (χ1) is 14.3. The van der Waals surface area contributed by atoms with Crippen molar-refractivity contribution in [2.75, 3.05) is 36.5 Å². The highest BCUT2D eigenvalue weighted by molar-refractivity contribution is 7.89. The Morgan fingerprint density at radius 2 is 1.97 bits per heavy atom. The molecule has 0 fully saturated rings. The van der Waals surface area contributed by atoms with E-state index in [1.807, 2.05) is 13.0 Å². The van der Waals surface area contributed by atoms with Gasteiger partial charge in [0, 0.05) is 19.3 Å². The van der Waals surface area contributed by atoms with E-state index in [1.165, 1.54) is 27.4 Å². The molecule has 30 heavy (non-hydrogen) atoms. The summed E-state index contributed by atoms with van der Waals surface area (Å²) >= 11 is 0. The zero-order valence-corrected chi connectivity index (χ0v) is 17.9. The van der Waals surface area contributed by atoms with Crippen molar-refractivity contribution < 1.29 is 22.7 Å². The highest BCUT2D eigenvalue weighted by atomic mass is 32.2. The van der Waals surface area contributed by atoms with E-state index in [1.54, 1.807) is 26.1 Å². The summed E-state index contributed by atoms with van der Waals surface area (Å²) in [5, 5.41) is 2.64. The van der Waals surface area contributed by atoms with Crippen molar-refractivity contribution in [3.8, 4) is 5.75 Å². The second-order valence-electron chi connectivity index (χ2n) is 6.76. The molecule has 1 aliphatic rings. The maximum atomic E-state index is 12.9. The second kappa shape index (κ2) is 8.80. The number of ether oxygens (including phenoxy) is 1. The molecule has 2 amide bonds. The summed E-state index contributed by atoms with van der Waals surface area (Å²) in [5.41, 5.74) is 1.19. The van der Waals surface area contributed by atoms with Crippen molar-refractivity contribution in [3.05, 3.63) is 42.1 Å². The average molecular weight is 433 g/mol. The first kappa shape index (κ1) is 21.7. The van der Waals surface area contributed by atoms with Crippen LogP contribution in [0.5, 0.6) is 5.75 Å². The lowest BCUT2D eigenvalue weighted by atomic mass is 10.2. The number of carbonyl (C=O) groups excluding carboxylic acids is 2. The number of nitrogens with one attached hydrogen (secondary N) is 1. The molecule has 10 heteroatoms. The summed E-state index contributed by atoms with van der Waals surface area (Å²) in [7, 11) is -3.73. The van der Waals surface area contributed by atoms with Crippen LogP contribution in [0.25, 0.3) is 0 Å². The number of fused-ring (bicyclic) bond motifs is 1. The molecule has 1 aromatic heterocycles. The molecular weight excluding hydrogens is 408 g/mol. The van der Waals surface area contributed by atoms with Gasteiger partial charge in [0.1, 0.15) is 18.1 Å². The number of sulfonamides is 1. The molecule has 2 aromatic rings. The van der Waals surface area contributed by atoms with Gasteiger partial charge in [0.2, 0.25) is 15.9 Å². The van der Waals surface area contributed by atoms with E-state index in [4.69, 9.17) is 4.74 Å². The van der Waals surface area contributed by atoms with Crippen LogP contribution in [0, 0.1) is 6.92 Å². The van der Waals surface area contributed by atoms with Gasteiger partial charge in [-0.15, -0.1) is 0 Å². The van der Waals surface area contributed by atoms with Crippen molar-refractivity contribution in [1.29, 1.82) is 0 Å². The lowest BCUT2D eigenvalue weighted by Crippen LogP contribution is -2.43. The number of amides is 2. The van der Waals surface area contributed by atoms with Crippen LogP contribution in [0.2, 0.25) is 0 Å². The molecule has 0 aliphatic carbocycles. The number of hydrogen-bond acceptors (Lipinski definition) is 6. The van der Waals surface area contributed by atoms with Gasteiger partial charge >= 0.3 is 0 Å². The molecule has 1 aromatic carbocycles. The quantitative estimate of drug-likeness (QED) is 0.714. The Balaban J connectivity index is 1.88. The van der Waals surface area contributed by atoms with Gasteiger partial charge in [-0.1, -0.05) is 19.9 Å². The standard InChI is InChI=1S/C20H24N4O5S/c1-4-23(5-2)30(27,28)15-7-8-17-16(10-15)24(20(26)13-29-17)12-19(25)22-18-9-6-14(3)11-21-18/h6-11H,4-5,12-13H2,1-3H3,(H,21,22,25). The average Bonchev–Trinajstić information content (AvgIpc) is 2.72. The maximum Gasteiger partial charge on any atom is 0.265 e. The van der Waals surface area contributed by atoms with Crippen molar-refractivity contribution >= 4 is 33.3 Å². The molecule has 2 heterocycles. The summed E-state index contributed by atoms with van der Waals surface area (Å²) in [6.07, 6.45) is 1.62. The zero-order valence-electron chi connectivity index (χ0n) is 17.1. The summed E-state index contributed by atoms with van der Waals surface area (Å²) in [6, 6.07) is 7.79. The number of pyridine rings is 1. The van der Waals surface area contributed by atoms with Crippen LogP contribution < -0.4 is 15.0 Å². The summed E-state index contributed by atoms with van der Waals surface area (Å²) in [5.74, 6) is -0.185. The lowest BCUT2D eigenvalue weighted by molar-refractivity contribution is -0.123. The fourth-order valence-corrected chi connectivity index (χ4v) is 4.57. The first-order valence-electron chi connectivity index (χ1n) is 9.56. The largest absolute Gasteiger partial charge is 0.482 e. The second-order valence-corrected chi connectivity index (χ2v) is 8.69. The van der Waals surface area contributed by atoms with E-state index in [0.29, 0.717) is 24.7 Å². The van der Waals surface area contributed by atoms with E-state index >= 15 is 0 Å². The molecule has 3 rings (SSSR count). The van der Waals surface area contributed by atoms with Crippen LogP contribution in [0.4, 0.5) is 11.5 Å². The zero-order chi connectivity index (χ0) is 21.9. The van der Waals surface area contributed by atoms with Crippen molar-refractivity contribution in [2.24, 2.45) is 0 Å². The Morgan fingerprint density at radius 1 is 1.23 bits per heavy atom. The van der Waals surface area contributed by atoms with E-state index in [0.717, 1.165) is 5.56 Å². The predicted octanol–water partition coefficient (Wildman–Crippen LogP) is 1.78. The molecule has 0 atom stereocenters. The van der Waals surface area contributed by atoms with E-state index in [-0.39, 0.29) is 23.7 Å². The monoisotopic (exact) mass is 432 g/mol. The number of rotatable bonds is 7. The minimum Gasteiger partial charge on any atom is -0.482 e. The van der Waals surface area contributed by atoms with Crippen LogP contribution in [0.15, 0.2) is 41.4 Å². The molecule has 1 aliphatic heterocycles. The third kappa shape index (κ3) is 4.44. The van der Waals surface area contributed by atoms with Gasteiger partial charge in [0.15, 0.2) is 6.61 Å².